The van der Waals surface area contributed by atoms with E-state index < -0.39 is 0 Å². The summed E-state index contributed by atoms with van der Waals surface area (Å²) < 4.78 is 0. The first kappa shape index (κ1) is 15.7. The van der Waals surface area contributed by atoms with Crippen molar-refractivity contribution >= 4 is 34.8 Å². The first-order valence-corrected chi connectivity index (χ1v) is 8.00. The van der Waals surface area contributed by atoms with Gasteiger partial charge in [-0.2, -0.15) is 0 Å². The molecule has 22 heavy (non-hydrogen) atoms. The quantitative estimate of drug-likeness (QED) is 0.543. The van der Waals surface area contributed by atoms with E-state index in [2.05, 4.69) is 15.8 Å². The molecule has 0 aliphatic carbocycles. The van der Waals surface area contributed by atoms with E-state index in [-0.39, 0.29) is 5.70 Å². The van der Waals surface area contributed by atoms with Crippen LogP contribution in [-0.2, 0) is 6.42 Å². The highest BCUT2D eigenvalue weighted by atomic mass is 32.1. The van der Waals surface area contributed by atoms with Crippen LogP contribution in [0.1, 0.15) is 26.4 Å². The summed E-state index contributed by atoms with van der Waals surface area (Å²) in [4.78, 5) is 11.0. The molecule has 0 amide bonds. The summed E-state index contributed by atoms with van der Waals surface area (Å²) in [6.45, 7) is 15.6. The molecule has 2 aromatic heterocycles. The van der Waals surface area contributed by atoms with E-state index >= 15 is 0 Å². The van der Waals surface area contributed by atoms with Gasteiger partial charge in [-0.25, -0.2) is 15.0 Å². The smallest absolute Gasteiger partial charge is 0.243 e. The second-order valence-electron chi connectivity index (χ2n) is 4.44. The number of allylic oxidation sites excluding steroid dienone is 2. The summed E-state index contributed by atoms with van der Waals surface area (Å²) in [5, 5.41) is 8.77. The Morgan fingerprint density at radius 3 is 2.18 bits per heavy atom. The van der Waals surface area contributed by atoms with Crippen LogP contribution in [0.3, 0.4) is 0 Å². The van der Waals surface area contributed by atoms with Gasteiger partial charge in [-0.1, -0.05) is 0 Å². The second kappa shape index (κ2) is 7.38. The Bertz CT molecular complexity index is 845. The highest BCUT2D eigenvalue weighted by Gasteiger charge is 2.04. The molecule has 106 valence electrons. The fraction of sp³-hybridized carbons (Fsp3) is 0.118. The highest BCUT2D eigenvalue weighted by Crippen LogP contribution is 2.26. The third-order valence-corrected chi connectivity index (χ3v) is 4.82. The Morgan fingerprint density at radius 2 is 1.68 bits per heavy atom. The molecule has 0 radical (unpaired) electrons. The molecular formula is C17H11N3S2. The fourth-order valence-corrected chi connectivity index (χ4v) is 3.86. The summed E-state index contributed by atoms with van der Waals surface area (Å²) in [6.07, 6.45) is 4.33. The van der Waals surface area contributed by atoms with Crippen molar-refractivity contribution in [2.75, 3.05) is 0 Å². The number of thiophene rings is 2. The summed E-state index contributed by atoms with van der Waals surface area (Å²) >= 11 is 3.26. The second-order valence-corrected chi connectivity index (χ2v) is 6.84. The van der Waals surface area contributed by atoms with Gasteiger partial charge < -0.3 is 0 Å². The minimum absolute atomic E-state index is 0.103. The average Bonchev–Trinajstić information content (AvgIpc) is 3.14. The molecule has 5 heteroatoms. The van der Waals surface area contributed by atoms with Gasteiger partial charge in [-0.15, -0.1) is 22.7 Å². The number of nitrogens with zero attached hydrogens (tertiary/aromatic N) is 3. The molecule has 0 aromatic carbocycles. The molecule has 2 heterocycles. The zero-order valence-corrected chi connectivity index (χ0v) is 13.5. The van der Waals surface area contributed by atoms with Gasteiger partial charge in [0.05, 0.1) is 19.2 Å². The van der Waals surface area contributed by atoms with Crippen LogP contribution in [0.2, 0.25) is 0 Å². The van der Waals surface area contributed by atoms with Gasteiger partial charge in [0, 0.05) is 25.9 Å². The van der Waals surface area contributed by atoms with Crippen molar-refractivity contribution in [3.63, 3.8) is 0 Å². The van der Waals surface area contributed by atoms with E-state index in [0.717, 1.165) is 16.2 Å². The van der Waals surface area contributed by atoms with Crippen molar-refractivity contribution in [3.8, 4) is 6.07 Å². The minimum Gasteiger partial charge on any atom is -0.243 e. The predicted molar refractivity (Wildman–Crippen MR) is 91.9 cm³/mol. The zero-order chi connectivity index (χ0) is 15.9. The summed E-state index contributed by atoms with van der Waals surface area (Å²) in [5.41, 5.74) is 0.784. The maximum absolute atomic E-state index is 8.77. The van der Waals surface area contributed by atoms with E-state index in [9.17, 15) is 0 Å². The number of rotatable bonds is 4. The third-order valence-electron chi connectivity index (χ3n) is 2.75. The molecule has 2 rings (SSSR count). The van der Waals surface area contributed by atoms with Gasteiger partial charge in [0.25, 0.3) is 5.70 Å². The van der Waals surface area contributed by atoms with Crippen LogP contribution in [0, 0.1) is 24.5 Å². The molecule has 0 atom stereocenters. The third kappa shape index (κ3) is 4.17. The molecular weight excluding hydrogens is 310 g/mol. The van der Waals surface area contributed by atoms with Crippen LogP contribution in [-0.4, -0.2) is 0 Å². The van der Waals surface area contributed by atoms with E-state index in [4.69, 9.17) is 18.4 Å². The Kier molecular flexibility index (Phi) is 5.28. The largest absolute Gasteiger partial charge is 0.263 e. The lowest BCUT2D eigenvalue weighted by atomic mass is 10.3. The van der Waals surface area contributed by atoms with Gasteiger partial charge in [-0.05, 0) is 43.3 Å². The van der Waals surface area contributed by atoms with E-state index in [1.165, 1.54) is 9.75 Å². The highest BCUT2D eigenvalue weighted by molar-refractivity contribution is 7.14. The predicted octanol–water partition coefficient (Wildman–Crippen LogP) is 5.46. The normalized spacial score (nSPS) is 11.5. The van der Waals surface area contributed by atoms with Crippen LogP contribution in [0.5, 0.6) is 0 Å². The van der Waals surface area contributed by atoms with Crippen LogP contribution in [0.15, 0.2) is 35.7 Å². The van der Waals surface area contributed by atoms with Gasteiger partial charge >= 0.3 is 0 Å². The van der Waals surface area contributed by atoms with Crippen molar-refractivity contribution in [2.45, 2.75) is 13.3 Å². The van der Waals surface area contributed by atoms with Crippen molar-refractivity contribution in [2.24, 2.45) is 0 Å². The van der Waals surface area contributed by atoms with E-state index in [0.29, 0.717) is 5.70 Å². The number of hydrogen-bond donors (Lipinski definition) is 0. The Morgan fingerprint density at radius 1 is 1.09 bits per heavy atom. The lowest BCUT2D eigenvalue weighted by molar-refractivity contribution is 1.31. The van der Waals surface area contributed by atoms with Gasteiger partial charge in [0.15, 0.2) is 5.70 Å². The Balaban J connectivity index is 2.12. The molecule has 0 N–H and O–H groups in total. The number of nitriles is 1. The van der Waals surface area contributed by atoms with Crippen LogP contribution >= 0.6 is 22.7 Å². The zero-order valence-electron chi connectivity index (χ0n) is 11.8. The van der Waals surface area contributed by atoms with Crippen LogP contribution in [0.4, 0.5) is 0 Å². The Labute approximate surface area is 137 Å². The van der Waals surface area contributed by atoms with E-state index in [1.807, 2.05) is 30.3 Å². The van der Waals surface area contributed by atoms with Crippen LogP contribution in [0.25, 0.3) is 21.8 Å². The SMILES string of the molecule is [C-]#[N+]/C(C)=C\c1ccc(Cc2ccc(/C=C(\C#N)[N+]#[C-])s2)s1. The standard InChI is InChI=1S/C17H11N3S2/c1-12(19-2)8-14-4-6-16(21-14)10-17-7-5-15(22-17)9-13(11-18)20-3/h4-9H,10H2,1H3/b12-8-,13-9+. The molecule has 0 saturated carbocycles. The monoisotopic (exact) mass is 321 g/mol. The van der Waals surface area contributed by atoms with E-state index in [1.54, 1.807) is 35.7 Å². The van der Waals surface area contributed by atoms with Crippen molar-refractivity contribution in [1.29, 1.82) is 5.26 Å². The molecule has 0 bridgehead atoms. The molecule has 0 spiro atoms. The lowest BCUT2D eigenvalue weighted by Crippen LogP contribution is -1.76. The number of hydrogen-bond acceptors (Lipinski definition) is 3. The van der Waals surface area contributed by atoms with Crippen molar-refractivity contribution < 1.29 is 0 Å². The van der Waals surface area contributed by atoms with Crippen molar-refractivity contribution in [3.05, 3.63) is 78.0 Å². The average molecular weight is 321 g/mol. The molecule has 3 nitrogen and oxygen atoms in total. The topological polar surface area (TPSA) is 32.5 Å². The summed E-state index contributed by atoms with van der Waals surface area (Å²) in [6, 6.07) is 9.92. The molecule has 0 fully saturated rings. The van der Waals surface area contributed by atoms with Gasteiger partial charge in [0.2, 0.25) is 0 Å². The minimum atomic E-state index is 0.103. The van der Waals surface area contributed by atoms with Crippen molar-refractivity contribution in [1.82, 2.24) is 0 Å². The maximum atomic E-state index is 8.77. The fourth-order valence-electron chi connectivity index (χ4n) is 1.77. The Hall–Kier alpha value is -2.65. The first-order chi connectivity index (χ1) is 10.6. The van der Waals surface area contributed by atoms with Gasteiger partial charge in [-0.3, -0.25) is 0 Å². The van der Waals surface area contributed by atoms with Crippen LogP contribution < -0.4 is 0 Å². The summed E-state index contributed by atoms with van der Waals surface area (Å²) in [7, 11) is 0. The molecule has 0 aliphatic heterocycles. The lowest BCUT2D eigenvalue weighted by Gasteiger charge is -1.92. The molecule has 0 aliphatic rings. The van der Waals surface area contributed by atoms with Gasteiger partial charge in [0.1, 0.15) is 0 Å². The molecule has 0 saturated heterocycles. The molecule has 0 unspecified atom stereocenters. The first-order valence-electron chi connectivity index (χ1n) is 6.37. The maximum Gasteiger partial charge on any atom is 0.263 e. The molecule has 2 aromatic rings. The summed E-state index contributed by atoms with van der Waals surface area (Å²) in [5.74, 6) is 0.